The predicted octanol–water partition coefficient (Wildman–Crippen LogP) is 30.5. The first-order valence-corrected chi connectivity index (χ1v) is 45.4. The van der Waals surface area contributed by atoms with Crippen molar-refractivity contribution in [2.75, 3.05) is 0 Å². The van der Waals surface area contributed by atoms with Crippen molar-refractivity contribution in [3.05, 3.63) is 382 Å². The van der Waals surface area contributed by atoms with Gasteiger partial charge in [0.25, 0.3) is 0 Å². The number of aromatic nitrogens is 5. The Kier molecular flexibility index (Phi) is 55.1. The van der Waals surface area contributed by atoms with Gasteiger partial charge < -0.3 is 50.5 Å². The van der Waals surface area contributed by atoms with Crippen LogP contribution in [0.15, 0.2) is 230 Å². The molecule has 0 unspecified atom stereocenters. The van der Waals surface area contributed by atoms with Crippen LogP contribution >= 0.6 is 0 Å². The third-order valence-corrected chi connectivity index (χ3v) is 22.0. The van der Waals surface area contributed by atoms with Crippen LogP contribution in [0.25, 0.3) is 110 Å². The molecule has 757 valence electrons. The molecule has 0 saturated heterocycles. The van der Waals surface area contributed by atoms with Crippen molar-refractivity contribution in [3.8, 4) is 56.3 Å². The Hall–Kier alpha value is -11.5. The molecule has 0 amide bonds. The van der Waals surface area contributed by atoms with Crippen LogP contribution in [0.2, 0.25) is 0 Å². The number of carbonyl (C=O) groups excluding carboxylic acids is 5. The molecule has 15 nitrogen and oxygen atoms in total. The summed E-state index contributed by atoms with van der Waals surface area (Å²) in [5, 5.41) is 54.3. The summed E-state index contributed by atoms with van der Waals surface area (Å²) >= 11 is 0. The van der Waals surface area contributed by atoms with Gasteiger partial charge in [0.1, 0.15) is 0 Å². The number of hydrogen-bond donors (Lipinski definition) is 5. The first-order chi connectivity index (χ1) is 64.2. The van der Waals surface area contributed by atoms with Crippen molar-refractivity contribution in [1.82, 2.24) is 24.9 Å². The molecular formula is C122H134Ir5N5O10-5. The van der Waals surface area contributed by atoms with E-state index >= 15 is 0 Å². The number of aliphatic hydroxyl groups is 5. The van der Waals surface area contributed by atoms with E-state index in [-0.39, 0.29) is 158 Å². The summed E-state index contributed by atoms with van der Waals surface area (Å²) in [6.45, 7) is 61.0. The molecule has 15 rings (SSSR count). The van der Waals surface area contributed by atoms with Gasteiger partial charge in [-0.1, -0.05) is 202 Å². The second-order valence-corrected chi connectivity index (χ2v) is 35.6. The van der Waals surface area contributed by atoms with Crippen molar-refractivity contribution in [1.29, 1.82) is 0 Å². The maximum atomic E-state index is 10.0. The summed E-state index contributed by atoms with van der Waals surface area (Å²) in [5.74, 6) is -0.312. The van der Waals surface area contributed by atoms with Gasteiger partial charge in [0.05, 0.1) is 28.8 Å². The number of aryl methyl sites for hydroxylation is 19. The number of hydrogen-bond acceptors (Lipinski definition) is 15. The van der Waals surface area contributed by atoms with E-state index < -0.39 is 0 Å². The zero-order chi connectivity index (χ0) is 102. The second kappa shape index (κ2) is 60.9. The smallest absolute Gasteiger partial charge is 0.155 e. The summed E-state index contributed by atoms with van der Waals surface area (Å²) < 4.78 is 0. The number of pyridine rings is 5. The minimum atomic E-state index is -0.125. The third kappa shape index (κ3) is 39.7. The van der Waals surface area contributed by atoms with Crippen LogP contribution in [-0.2, 0) is 124 Å². The standard InChI is InChI=1S/2C20H20N.3C19H18N.5C5H8O2.5Ir/c1-12-6-8-17-14(3)11-21-20(19(17)10-12)18-9-7-13(2)15(4)16(18)5;1-12-6-7-17-15(4)11-21-20(19(17)9-12)18-10-13(2)8-14(3)16(18)5;1-12-5-8-17-15(4)11-20-19(18(17)9-12)16-7-6-13(2)14(3)10-16;1-12-6-8-17(14(3)9-12)19-18-10-13(2)5-7-16(18)15(4)11-20-19;1-12-5-6-17-15(4)11-20-19(18(17)10-12)16-8-13(2)7-14(3)9-16;5*1-4(6)3-5(2)7;;;;;/h6-8,10-11H,1-5H3;6-9,11H,1-5H3;5-6,8-11H,1-4H3;5-7,9-11H,1-4H3;5-8,10-11H,1-4H3;5*3,6H,1-2H3;;;;;/q5*-1;;;;;;;;;;. The molecule has 15 aromatic rings. The van der Waals surface area contributed by atoms with Crippen LogP contribution in [-0.4, -0.2) is 79.4 Å². The topological polar surface area (TPSA) is 251 Å². The van der Waals surface area contributed by atoms with Crippen molar-refractivity contribution in [2.24, 2.45) is 0 Å². The molecule has 0 atom stereocenters. The molecular weight excluding hydrogens is 2660 g/mol. The maximum absolute atomic E-state index is 10.0. The van der Waals surface area contributed by atoms with Crippen LogP contribution in [0.4, 0.5) is 0 Å². The maximum Gasteiger partial charge on any atom is 0.155 e. The van der Waals surface area contributed by atoms with Crippen molar-refractivity contribution in [2.45, 2.75) is 222 Å². The van der Waals surface area contributed by atoms with E-state index in [1.165, 1.54) is 265 Å². The van der Waals surface area contributed by atoms with Crippen LogP contribution in [0.3, 0.4) is 0 Å². The Morgan fingerprint density at radius 1 is 0.225 bits per heavy atom. The fraction of sp³-hybridized carbons (Fsp3) is 0.262. The average Bonchev–Trinajstić information content (AvgIpc) is 0.784. The first kappa shape index (κ1) is 129. The SMILES string of the molecule is CC(=O)C=C(C)O.CC(=O)C=C(C)O.CC(=O)C=C(C)O.CC(=O)C=C(C)O.CC(=O)C=C(C)O.Cc1[c-]c(-c2ncc(C)c3ccc(C)cc23)c(C)c(C)c1.Cc1[c-]c(-c2ncc(C)c3ccc(C)cc23)cc(C)c1.Cc1c[c-]c(-c2ncc(C)c3ccc(C)cc23)c(C)c1.Cc1ccc2c(C)cnc(-c3[c-]cc(C)c(C)c3)c2c1.Cc1ccc2c(C)cnc(-c3[c-]cc(C)c(C)c3C)c2c1.[Ir].[Ir].[Ir].[Ir].[Ir]. The Morgan fingerprint density at radius 3 is 0.817 bits per heavy atom. The van der Waals surface area contributed by atoms with Crippen LogP contribution in [0.5, 0.6) is 0 Å². The molecule has 0 aliphatic heterocycles. The van der Waals surface area contributed by atoms with E-state index in [9.17, 15) is 24.0 Å². The summed E-state index contributed by atoms with van der Waals surface area (Å²) in [4.78, 5) is 73.5. The Labute approximate surface area is 909 Å². The molecule has 5 heterocycles. The van der Waals surface area contributed by atoms with Gasteiger partial charge in [-0.3, -0.25) is 24.0 Å². The first-order valence-electron chi connectivity index (χ1n) is 45.4. The van der Waals surface area contributed by atoms with Crippen molar-refractivity contribution in [3.63, 3.8) is 0 Å². The minimum Gasteiger partial charge on any atom is -0.512 e. The average molecular weight is 2790 g/mol. The Balaban J connectivity index is 0.000000812. The van der Waals surface area contributed by atoms with Gasteiger partial charge in [-0.25, -0.2) is 0 Å². The molecule has 20 heteroatoms. The zero-order valence-electron chi connectivity index (χ0n) is 87.7. The monoisotopic (exact) mass is 2790 g/mol. The molecule has 0 fully saturated rings. The molecule has 5 radical (unpaired) electrons. The van der Waals surface area contributed by atoms with E-state index in [0.717, 1.165) is 67.4 Å². The predicted molar refractivity (Wildman–Crippen MR) is 570 cm³/mol. The molecule has 142 heavy (non-hydrogen) atoms. The molecule has 10 aromatic carbocycles. The van der Waals surface area contributed by atoms with E-state index in [2.05, 4.69) is 325 Å². The van der Waals surface area contributed by atoms with Crippen molar-refractivity contribution >= 4 is 82.8 Å². The van der Waals surface area contributed by atoms with Crippen LogP contribution in [0, 0.1) is 183 Å². The summed E-state index contributed by atoms with van der Waals surface area (Å²) in [6, 6.07) is 67.0. The summed E-state index contributed by atoms with van der Waals surface area (Å²) in [7, 11) is 0. The van der Waals surface area contributed by atoms with Gasteiger partial charge in [0.15, 0.2) is 28.9 Å². The fourth-order valence-corrected chi connectivity index (χ4v) is 15.2. The number of rotatable bonds is 10. The van der Waals surface area contributed by atoms with E-state index in [4.69, 9.17) is 35.5 Å². The minimum absolute atomic E-state index is 0. The normalized spacial score (nSPS) is 10.7. The zero-order valence-corrected chi connectivity index (χ0v) is 99.7. The van der Waals surface area contributed by atoms with E-state index in [0.29, 0.717) is 0 Å². The van der Waals surface area contributed by atoms with Crippen LogP contribution in [0.1, 0.15) is 192 Å². The molecule has 5 N–H and O–H groups in total. The third-order valence-electron chi connectivity index (χ3n) is 22.0. The van der Waals surface area contributed by atoms with Crippen LogP contribution < -0.4 is 0 Å². The van der Waals surface area contributed by atoms with Gasteiger partial charge in [-0.2, -0.15) is 0 Å². The molecule has 5 aromatic heterocycles. The number of aliphatic hydroxyl groups excluding tert-OH is 5. The summed E-state index contributed by atoms with van der Waals surface area (Å²) in [6.07, 6.45) is 15.6. The number of nitrogens with zero attached hydrogens (tertiary/aromatic N) is 5. The number of fused-ring (bicyclic) bond motifs is 5. The van der Waals surface area contributed by atoms with Crippen molar-refractivity contribution < 1.29 is 150 Å². The largest absolute Gasteiger partial charge is 0.512 e. The van der Waals surface area contributed by atoms with E-state index in [1.807, 2.05) is 43.1 Å². The van der Waals surface area contributed by atoms with Gasteiger partial charge >= 0.3 is 0 Å². The van der Waals surface area contributed by atoms with Gasteiger partial charge in [-0.05, 0) is 249 Å². The van der Waals surface area contributed by atoms with Gasteiger partial charge in [0, 0.05) is 162 Å². The number of benzene rings is 10. The number of ketones is 5. The molecule has 0 spiro atoms. The number of allylic oxidation sites excluding steroid dienone is 10. The summed E-state index contributed by atoms with van der Waals surface area (Å²) in [5.41, 5.74) is 38.1. The van der Waals surface area contributed by atoms with E-state index in [1.54, 1.807) is 0 Å². The fourth-order valence-electron chi connectivity index (χ4n) is 15.2. The molecule has 0 saturated carbocycles. The second-order valence-electron chi connectivity index (χ2n) is 35.6. The van der Waals surface area contributed by atoms with Gasteiger partial charge in [0.2, 0.25) is 0 Å². The quantitative estimate of drug-likeness (QED) is 0.0485. The molecule has 0 aliphatic carbocycles. The molecule has 0 bridgehead atoms. The molecule has 0 aliphatic rings. The Morgan fingerprint density at radius 2 is 0.514 bits per heavy atom. The Bertz CT molecular complexity index is 6960. The number of carbonyl (C=O) groups is 5. The van der Waals surface area contributed by atoms with Gasteiger partial charge in [-0.15, -0.1) is 173 Å².